The summed E-state index contributed by atoms with van der Waals surface area (Å²) in [6.07, 6.45) is 3.94. The van der Waals surface area contributed by atoms with Crippen molar-refractivity contribution in [1.82, 2.24) is 4.90 Å². The summed E-state index contributed by atoms with van der Waals surface area (Å²) in [6.45, 7) is 11.5. The van der Waals surface area contributed by atoms with Crippen molar-refractivity contribution >= 4 is 0 Å². The lowest BCUT2D eigenvalue weighted by Crippen LogP contribution is -2.38. The van der Waals surface area contributed by atoms with E-state index in [1.165, 1.54) is 54.6 Å². The Kier molecular flexibility index (Phi) is 4.11. The lowest BCUT2D eigenvalue weighted by Gasteiger charge is -2.30. The molecule has 2 nitrogen and oxygen atoms in total. The molecular formula is C19H30N2. The van der Waals surface area contributed by atoms with E-state index in [0.717, 1.165) is 11.8 Å². The lowest BCUT2D eigenvalue weighted by molar-refractivity contribution is 0.244. The molecule has 0 spiro atoms. The molecule has 1 aromatic rings. The summed E-state index contributed by atoms with van der Waals surface area (Å²) in [5.74, 6) is 1.56. The first-order chi connectivity index (χ1) is 9.97. The third-order valence-corrected chi connectivity index (χ3v) is 5.89. The van der Waals surface area contributed by atoms with Gasteiger partial charge in [-0.1, -0.05) is 24.1 Å². The largest absolute Gasteiger partial charge is 0.327 e. The summed E-state index contributed by atoms with van der Waals surface area (Å²) in [4.78, 5) is 2.69. The average molecular weight is 286 g/mol. The predicted molar refractivity (Wildman–Crippen MR) is 89.4 cm³/mol. The second-order valence-corrected chi connectivity index (χ2v) is 7.46. The Hall–Kier alpha value is -0.860. The van der Waals surface area contributed by atoms with Crippen molar-refractivity contribution in [2.45, 2.75) is 59.0 Å². The number of nitrogens with two attached hydrogens (primary N) is 1. The Morgan fingerprint density at radius 2 is 1.76 bits per heavy atom. The second-order valence-electron chi connectivity index (χ2n) is 7.46. The van der Waals surface area contributed by atoms with E-state index < -0.39 is 0 Å². The fourth-order valence-electron chi connectivity index (χ4n) is 4.90. The van der Waals surface area contributed by atoms with Crippen molar-refractivity contribution in [3.63, 3.8) is 0 Å². The zero-order valence-electron chi connectivity index (χ0n) is 14.0. The van der Waals surface area contributed by atoms with Gasteiger partial charge in [0.15, 0.2) is 0 Å². The first kappa shape index (κ1) is 15.1. The molecule has 1 saturated carbocycles. The fraction of sp³-hybridized carbons (Fsp3) is 0.684. The molecule has 4 unspecified atom stereocenters. The molecule has 1 heterocycles. The van der Waals surface area contributed by atoms with Crippen molar-refractivity contribution in [1.29, 1.82) is 0 Å². The Labute approximate surface area is 129 Å². The van der Waals surface area contributed by atoms with Crippen LogP contribution in [0.5, 0.6) is 0 Å². The van der Waals surface area contributed by atoms with Crippen LogP contribution in [0.1, 0.15) is 54.5 Å². The highest BCUT2D eigenvalue weighted by Gasteiger charge is 2.40. The third-order valence-electron chi connectivity index (χ3n) is 5.89. The van der Waals surface area contributed by atoms with E-state index in [9.17, 15) is 0 Å². The number of hydrogen-bond acceptors (Lipinski definition) is 2. The molecule has 1 aliphatic heterocycles. The topological polar surface area (TPSA) is 29.3 Å². The molecule has 3 rings (SSSR count). The van der Waals surface area contributed by atoms with Crippen LogP contribution in [0.4, 0.5) is 0 Å². The minimum atomic E-state index is 0.432. The van der Waals surface area contributed by atoms with E-state index >= 15 is 0 Å². The molecule has 0 aromatic heterocycles. The number of aryl methyl sites for hydroxylation is 3. The summed E-state index contributed by atoms with van der Waals surface area (Å²) in [6, 6.07) is 5.60. The zero-order chi connectivity index (χ0) is 15.1. The van der Waals surface area contributed by atoms with Crippen LogP contribution in [-0.4, -0.2) is 24.0 Å². The fourth-order valence-corrected chi connectivity index (χ4v) is 4.90. The first-order valence-corrected chi connectivity index (χ1v) is 8.54. The Balaban J connectivity index is 1.82. The SMILES string of the molecule is Cc1cc(C)c(C(C)N2CC3CCCC(N)C3C2)c(C)c1. The van der Waals surface area contributed by atoms with E-state index in [2.05, 4.69) is 44.7 Å². The van der Waals surface area contributed by atoms with Gasteiger partial charge in [-0.15, -0.1) is 0 Å². The normalized spacial score (nSPS) is 31.2. The van der Waals surface area contributed by atoms with Crippen molar-refractivity contribution in [2.75, 3.05) is 13.1 Å². The Morgan fingerprint density at radius 1 is 1.10 bits per heavy atom. The van der Waals surface area contributed by atoms with E-state index in [1.54, 1.807) is 0 Å². The molecule has 1 aromatic carbocycles. The first-order valence-electron chi connectivity index (χ1n) is 8.54. The number of hydrogen-bond donors (Lipinski definition) is 1. The van der Waals surface area contributed by atoms with Crippen molar-refractivity contribution < 1.29 is 0 Å². The summed E-state index contributed by atoms with van der Waals surface area (Å²) >= 11 is 0. The van der Waals surface area contributed by atoms with Gasteiger partial charge in [0, 0.05) is 25.2 Å². The van der Waals surface area contributed by atoms with Crippen LogP contribution in [0, 0.1) is 32.6 Å². The van der Waals surface area contributed by atoms with E-state index in [1.807, 2.05) is 0 Å². The molecule has 4 atom stereocenters. The smallest absolute Gasteiger partial charge is 0.0325 e. The highest BCUT2D eigenvalue weighted by Crippen LogP contribution is 2.40. The molecule has 2 fully saturated rings. The lowest BCUT2D eigenvalue weighted by atomic mass is 9.78. The molecule has 1 saturated heterocycles. The summed E-state index contributed by atoms with van der Waals surface area (Å²) in [5, 5.41) is 0. The zero-order valence-corrected chi connectivity index (χ0v) is 14.0. The maximum absolute atomic E-state index is 6.37. The van der Waals surface area contributed by atoms with Gasteiger partial charge in [-0.25, -0.2) is 0 Å². The Morgan fingerprint density at radius 3 is 2.38 bits per heavy atom. The van der Waals surface area contributed by atoms with Crippen molar-refractivity contribution in [3.8, 4) is 0 Å². The van der Waals surface area contributed by atoms with E-state index in [0.29, 0.717) is 12.1 Å². The molecule has 0 amide bonds. The van der Waals surface area contributed by atoms with Gasteiger partial charge in [0.25, 0.3) is 0 Å². The van der Waals surface area contributed by atoms with E-state index in [-0.39, 0.29) is 0 Å². The Bertz CT molecular complexity index is 499. The predicted octanol–water partition coefficient (Wildman–Crippen LogP) is 3.73. The average Bonchev–Trinajstić information content (AvgIpc) is 2.82. The van der Waals surface area contributed by atoms with Gasteiger partial charge in [-0.05, 0) is 69.1 Å². The van der Waals surface area contributed by atoms with Crippen LogP contribution >= 0.6 is 0 Å². The maximum Gasteiger partial charge on any atom is 0.0325 e. The monoisotopic (exact) mass is 286 g/mol. The van der Waals surface area contributed by atoms with Crippen LogP contribution in [0.25, 0.3) is 0 Å². The molecule has 2 N–H and O–H groups in total. The van der Waals surface area contributed by atoms with Gasteiger partial charge in [0.05, 0.1) is 0 Å². The van der Waals surface area contributed by atoms with Crippen LogP contribution in [0.3, 0.4) is 0 Å². The summed E-state index contributed by atoms with van der Waals surface area (Å²) < 4.78 is 0. The number of fused-ring (bicyclic) bond motifs is 1. The summed E-state index contributed by atoms with van der Waals surface area (Å²) in [7, 11) is 0. The van der Waals surface area contributed by atoms with Crippen LogP contribution in [0.2, 0.25) is 0 Å². The number of rotatable bonds is 2. The van der Waals surface area contributed by atoms with Crippen LogP contribution in [-0.2, 0) is 0 Å². The minimum Gasteiger partial charge on any atom is -0.327 e. The molecule has 1 aliphatic carbocycles. The van der Waals surface area contributed by atoms with Gasteiger partial charge in [-0.3, -0.25) is 4.90 Å². The molecule has 2 aliphatic rings. The number of likely N-dealkylation sites (tertiary alicyclic amines) is 1. The van der Waals surface area contributed by atoms with Gasteiger partial charge in [-0.2, -0.15) is 0 Å². The highest BCUT2D eigenvalue weighted by molar-refractivity contribution is 5.39. The van der Waals surface area contributed by atoms with Gasteiger partial charge >= 0.3 is 0 Å². The van der Waals surface area contributed by atoms with E-state index in [4.69, 9.17) is 5.73 Å². The van der Waals surface area contributed by atoms with Crippen LogP contribution < -0.4 is 5.73 Å². The van der Waals surface area contributed by atoms with Crippen molar-refractivity contribution in [3.05, 3.63) is 34.4 Å². The third kappa shape index (κ3) is 2.76. The molecule has 116 valence electrons. The number of nitrogens with zero attached hydrogens (tertiary/aromatic N) is 1. The minimum absolute atomic E-state index is 0.432. The van der Waals surface area contributed by atoms with Gasteiger partial charge < -0.3 is 5.73 Å². The maximum atomic E-state index is 6.37. The second kappa shape index (κ2) is 5.73. The van der Waals surface area contributed by atoms with Gasteiger partial charge in [0.2, 0.25) is 0 Å². The number of benzene rings is 1. The molecule has 2 heteroatoms. The standard InChI is InChI=1S/C19H30N2/c1-12-8-13(2)19(14(3)9-12)15(4)21-10-16-6-5-7-18(20)17(16)11-21/h8-9,15-18H,5-7,10-11,20H2,1-4H3. The molecule has 21 heavy (non-hydrogen) atoms. The molecule has 0 radical (unpaired) electrons. The molecule has 0 bridgehead atoms. The molecular weight excluding hydrogens is 256 g/mol. The summed E-state index contributed by atoms with van der Waals surface area (Å²) in [5.41, 5.74) is 12.2. The highest BCUT2D eigenvalue weighted by atomic mass is 15.2. The van der Waals surface area contributed by atoms with Gasteiger partial charge in [0.1, 0.15) is 0 Å². The van der Waals surface area contributed by atoms with Crippen LogP contribution in [0.15, 0.2) is 12.1 Å². The van der Waals surface area contributed by atoms with Crippen molar-refractivity contribution in [2.24, 2.45) is 17.6 Å². The quantitative estimate of drug-likeness (QED) is 0.897.